The van der Waals surface area contributed by atoms with Crippen molar-refractivity contribution in [1.29, 1.82) is 0 Å². The van der Waals surface area contributed by atoms with E-state index in [0.29, 0.717) is 0 Å². The van der Waals surface area contributed by atoms with Crippen molar-refractivity contribution in [3.05, 3.63) is 0 Å². The molecule has 1 fully saturated rings. The third-order valence-electron chi connectivity index (χ3n) is 3.24. The summed E-state index contributed by atoms with van der Waals surface area (Å²) in [6, 6.07) is 0.812. The Kier molecular flexibility index (Phi) is 4.79. The molecule has 0 aromatic heterocycles. The Morgan fingerprint density at radius 2 is 1.92 bits per heavy atom. The average molecular weight is 183 g/mol. The second-order valence-electron chi connectivity index (χ2n) is 5.00. The van der Waals surface area contributed by atoms with Gasteiger partial charge in [0.25, 0.3) is 0 Å². The first-order chi connectivity index (χ1) is 6.20. The number of rotatable bonds is 4. The van der Waals surface area contributed by atoms with E-state index < -0.39 is 0 Å². The molecule has 2 atom stereocenters. The van der Waals surface area contributed by atoms with Crippen LogP contribution in [0.4, 0.5) is 0 Å². The van der Waals surface area contributed by atoms with Crippen molar-refractivity contribution in [2.24, 2.45) is 11.8 Å². The lowest BCUT2D eigenvalue weighted by atomic mass is 9.86. The Labute approximate surface area is 83.3 Å². The maximum absolute atomic E-state index is 3.70. The quantitative estimate of drug-likeness (QED) is 0.706. The van der Waals surface area contributed by atoms with Gasteiger partial charge in [-0.2, -0.15) is 0 Å². The maximum Gasteiger partial charge on any atom is 0.00926 e. The number of hydrogen-bond acceptors (Lipinski definition) is 1. The van der Waals surface area contributed by atoms with Gasteiger partial charge in [-0.3, -0.25) is 0 Å². The molecule has 1 aliphatic carbocycles. The van der Waals surface area contributed by atoms with E-state index >= 15 is 0 Å². The molecule has 1 nitrogen and oxygen atoms in total. The highest BCUT2D eigenvalue weighted by Crippen LogP contribution is 2.23. The molecule has 0 aromatic carbocycles. The fourth-order valence-electron chi connectivity index (χ4n) is 2.18. The molecule has 0 bridgehead atoms. The fourth-order valence-corrected chi connectivity index (χ4v) is 2.18. The molecule has 1 rings (SSSR count). The summed E-state index contributed by atoms with van der Waals surface area (Å²) in [5.41, 5.74) is 0. The summed E-state index contributed by atoms with van der Waals surface area (Å²) in [5.74, 6) is 1.74. The van der Waals surface area contributed by atoms with Crippen LogP contribution in [0.15, 0.2) is 0 Å². The maximum atomic E-state index is 3.70. The van der Waals surface area contributed by atoms with E-state index in [4.69, 9.17) is 0 Å². The molecule has 13 heavy (non-hydrogen) atoms. The van der Waals surface area contributed by atoms with Crippen molar-refractivity contribution in [1.82, 2.24) is 5.32 Å². The Morgan fingerprint density at radius 1 is 1.23 bits per heavy atom. The standard InChI is InChI=1S/C12H25N/c1-10(2)8-9-13-12-7-5-4-6-11(12)3/h10-13H,4-9H2,1-3H3/t11-,12+/m1/s1. The lowest BCUT2D eigenvalue weighted by Crippen LogP contribution is -2.38. The smallest absolute Gasteiger partial charge is 0.00926 e. The van der Waals surface area contributed by atoms with Crippen molar-refractivity contribution in [2.45, 2.75) is 58.9 Å². The summed E-state index contributed by atoms with van der Waals surface area (Å²) in [4.78, 5) is 0. The summed E-state index contributed by atoms with van der Waals surface area (Å²) >= 11 is 0. The molecule has 0 spiro atoms. The topological polar surface area (TPSA) is 12.0 Å². The highest BCUT2D eigenvalue weighted by molar-refractivity contribution is 4.77. The molecule has 0 heterocycles. The van der Waals surface area contributed by atoms with E-state index in [1.54, 1.807) is 0 Å². The Morgan fingerprint density at radius 3 is 2.54 bits per heavy atom. The second-order valence-corrected chi connectivity index (χ2v) is 5.00. The molecule has 0 saturated heterocycles. The van der Waals surface area contributed by atoms with Gasteiger partial charge in [0.15, 0.2) is 0 Å². The molecular weight excluding hydrogens is 158 g/mol. The van der Waals surface area contributed by atoms with Gasteiger partial charge in [0.1, 0.15) is 0 Å². The van der Waals surface area contributed by atoms with E-state index in [0.717, 1.165) is 17.9 Å². The van der Waals surface area contributed by atoms with Crippen LogP contribution in [0.5, 0.6) is 0 Å². The summed E-state index contributed by atoms with van der Waals surface area (Å²) < 4.78 is 0. The molecule has 78 valence electrons. The summed E-state index contributed by atoms with van der Waals surface area (Å²) in [7, 11) is 0. The van der Waals surface area contributed by atoms with Gasteiger partial charge in [-0.25, -0.2) is 0 Å². The summed E-state index contributed by atoms with van der Waals surface area (Å²) in [6.07, 6.45) is 7.04. The van der Waals surface area contributed by atoms with Crippen molar-refractivity contribution < 1.29 is 0 Å². The normalized spacial score (nSPS) is 29.5. The van der Waals surface area contributed by atoms with Crippen LogP contribution in [0.2, 0.25) is 0 Å². The Bertz CT molecular complexity index is 131. The zero-order valence-corrected chi connectivity index (χ0v) is 9.47. The summed E-state index contributed by atoms with van der Waals surface area (Å²) in [6.45, 7) is 8.21. The van der Waals surface area contributed by atoms with Crippen molar-refractivity contribution in [3.63, 3.8) is 0 Å². The van der Waals surface area contributed by atoms with Crippen LogP contribution >= 0.6 is 0 Å². The van der Waals surface area contributed by atoms with Crippen LogP contribution in [0.3, 0.4) is 0 Å². The molecule has 0 radical (unpaired) electrons. The highest BCUT2D eigenvalue weighted by atomic mass is 14.9. The molecule has 1 saturated carbocycles. The van der Waals surface area contributed by atoms with Crippen LogP contribution in [-0.4, -0.2) is 12.6 Å². The van der Waals surface area contributed by atoms with Crippen LogP contribution in [0.25, 0.3) is 0 Å². The predicted octanol–water partition coefficient (Wildman–Crippen LogP) is 3.20. The van der Waals surface area contributed by atoms with Gasteiger partial charge in [0, 0.05) is 6.04 Å². The molecule has 1 aliphatic rings. The van der Waals surface area contributed by atoms with Crippen molar-refractivity contribution >= 4 is 0 Å². The minimum absolute atomic E-state index is 0.812. The molecular formula is C12H25N. The zero-order valence-electron chi connectivity index (χ0n) is 9.47. The second kappa shape index (κ2) is 5.64. The van der Waals surface area contributed by atoms with Gasteiger partial charge in [0.2, 0.25) is 0 Å². The van der Waals surface area contributed by atoms with E-state index in [1.807, 2.05) is 0 Å². The number of nitrogens with one attached hydrogen (secondary N) is 1. The first-order valence-electron chi connectivity index (χ1n) is 5.93. The van der Waals surface area contributed by atoms with Gasteiger partial charge in [-0.05, 0) is 37.6 Å². The lowest BCUT2D eigenvalue weighted by molar-refractivity contribution is 0.277. The van der Waals surface area contributed by atoms with Gasteiger partial charge >= 0.3 is 0 Å². The first kappa shape index (κ1) is 11.0. The Hall–Kier alpha value is -0.0400. The summed E-state index contributed by atoms with van der Waals surface area (Å²) in [5, 5.41) is 3.70. The zero-order chi connectivity index (χ0) is 9.68. The van der Waals surface area contributed by atoms with E-state index in [9.17, 15) is 0 Å². The SMILES string of the molecule is CC(C)CCN[C@H]1CCCC[C@H]1C. The van der Waals surface area contributed by atoms with E-state index in [2.05, 4.69) is 26.1 Å². The minimum atomic E-state index is 0.812. The van der Waals surface area contributed by atoms with Crippen LogP contribution in [0.1, 0.15) is 52.9 Å². The van der Waals surface area contributed by atoms with E-state index in [1.165, 1.54) is 38.6 Å². The third kappa shape index (κ3) is 4.12. The van der Waals surface area contributed by atoms with Crippen LogP contribution < -0.4 is 5.32 Å². The molecule has 0 unspecified atom stereocenters. The molecule has 1 heteroatoms. The fraction of sp³-hybridized carbons (Fsp3) is 1.00. The Balaban J connectivity index is 2.11. The van der Waals surface area contributed by atoms with Gasteiger partial charge < -0.3 is 5.32 Å². The predicted molar refractivity (Wildman–Crippen MR) is 58.9 cm³/mol. The molecule has 0 amide bonds. The van der Waals surface area contributed by atoms with Gasteiger partial charge in [0.05, 0.1) is 0 Å². The van der Waals surface area contributed by atoms with Crippen molar-refractivity contribution in [3.8, 4) is 0 Å². The monoisotopic (exact) mass is 183 g/mol. The van der Waals surface area contributed by atoms with Crippen LogP contribution in [0, 0.1) is 11.8 Å². The van der Waals surface area contributed by atoms with E-state index in [-0.39, 0.29) is 0 Å². The van der Waals surface area contributed by atoms with Crippen LogP contribution in [-0.2, 0) is 0 Å². The van der Waals surface area contributed by atoms with Crippen molar-refractivity contribution in [2.75, 3.05) is 6.54 Å². The van der Waals surface area contributed by atoms with Gasteiger partial charge in [-0.15, -0.1) is 0 Å². The van der Waals surface area contributed by atoms with Gasteiger partial charge in [-0.1, -0.05) is 33.6 Å². The largest absolute Gasteiger partial charge is 0.314 e. The number of hydrogen-bond donors (Lipinski definition) is 1. The minimum Gasteiger partial charge on any atom is -0.314 e. The molecule has 1 N–H and O–H groups in total. The lowest BCUT2D eigenvalue weighted by Gasteiger charge is -2.29. The molecule has 0 aromatic rings. The third-order valence-corrected chi connectivity index (χ3v) is 3.24. The molecule has 0 aliphatic heterocycles. The average Bonchev–Trinajstić information content (AvgIpc) is 2.08. The first-order valence-corrected chi connectivity index (χ1v) is 5.93. The highest BCUT2D eigenvalue weighted by Gasteiger charge is 2.19.